The number of hydrogen-bond acceptors (Lipinski definition) is 5. The van der Waals surface area contributed by atoms with Crippen LogP contribution in [0.4, 0.5) is 0 Å². The molecule has 0 spiro atoms. The Morgan fingerprint density at radius 3 is 2.63 bits per heavy atom. The van der Waals surface area contributed by atoms with Crippen LogP contribution in [0.15, 0.2) is 49.0 Å². The first kappa shape index (κ1) is 19.1. The van der Waals surface area contributed by atoms with Gasteiger partial charge in [-0.1, -0.05) is 43.0 Å². The van der Waals surface area contributed by atoms with Gasteiger partial charge in [-0.2, -0.15) is 5.26 Å². The van der Waals surface area contributed by atoms with Gasteiger partial charge in [-0.3, -0.25) is 10.7 Å². The Morgan fingerprint density at radius 1 is 1.15 bits per heavy atom. The van der Waals surface area contributed by atoms with Gasteiger partial charge in [0.25, 0.3) is 0 Å². The normalized spacial score (nSPS) is 15.7. The molecule has 0 aliphatic carbocycles. The van der Waals surface area contributed by atoms with E-state index in [0.717, 1.165) is 49.4 Å². The van der Waals surface area contributed by atoms with Gasteiger partial charge >= 0.3 is 0 Å². The van der Waals surface area contributed by atoms with Crippen LogP contribution in [-0.2, 0) is 6.54 Å². The van der Waals surface area contributed by atoms with Gasteiger partial charge in [0.2, 0.25) is 0 Å². The molecule has 2 aromatic carbocycles. The molecule has 5 heteroatoms. The van der Waals surface area contributed by atoms with Gasteiger partial charge in [-0.25, -0.2) is 0 Å². The Labute approximate surface area is 161 Å². The molecule has 140 valence electrons. The van der Waals surface area contributed by atoms with Crippen molar-refractivity contribution in [2.75, 3.05) is 33.2 Å². The summed E-state index contributed by atoms with van der Waals surface area (Å²) in [5.41, 5.74) is 8.04. The largest absolute Gasteiger partial charge is 0.324 e. The van der Waals surface area contributed by atoms with Crippen LogP contribution in [0.25, 0.3) is 16.8 Å². The minimum atomic E-state index is 0.667. The molecular formula is C22H27N5. The fourth-order valence-corrected chi connectivity index (χ4v) is 3.48. The summed E-state index contributed by atoms with van der Waals surface area (Å²) in [7, 11) is 2.18. The van der Waals surface area contributed by atoms with Gasteiger partial charge in [0.15, 0.2) is 0 Å². The highest BCUT2D eigenvalue weighted by Gasteiger charge is 2.13. The lowest BCUT2D eigenvalue weighted by atomic mass is 9.97. The van der Waals surface area contributed by atoms with Crippen LogP contribution in [0, 0.1) is 11.3 Å². The van der Waals surface area contributed by atoms with Crippen molar-refractivity contribution in [1.29, 1.82) is 5.26 Å². The van der Waals surface area contributed by atoms with Crippen LogP contribution in [-0.4, -0.2) is 43.0 Å². The Morgan fingerprint density at radius 2 is 1.93 bits per heavy atom. The zero-order valence-electron chi connectivity index (χ0n) is 15.9. The van der Waals surface area contributed by atoms with Gasteiger partial charge in [-0.15, -0.1) is 0 Å². The molecule has 0 saturated carbocycles. The predicted molar refractivity (Wildman–Crippen MR) is 110 cm³/mol. The summed E-state index contributed by atoms with van der Waals surface area (Å²) in [5.74, 6) is 5.41. The van der Waals surface area contributed by atoms with Crippen molar-refractivity contribution in [2.24, 2.45) is 5.84 Å². The zero-order chi connectivity index (χ0) is 19.2. The van der Waals surface area contributed by atoms with Crippen LogP contribution < -0.4 is 11.3 Å². The second kappa shape index (κ2) is 8.83. The minimum Gasteiger partial charge on any atom is -0.324 e. The van der Waals surface area contributed by atoms with Crippen molar-refractivity contribution in [1.82, 2.24) is 15.2 Å². The maximum absolute atomic E-state index is 9.66. The van der Waals surface area contributed by atoms with Gasteiger partial charge < -0.3 is 10.3 Å². The number of nitrogens with one attached hydrogen (secondary N) is 1. The zero-order valence-corrected chi connectivity index (χ0v) is 15.9. The first-order chi connectivity index (χ1) is 13.1. The Kier molecular flexibility index (Phi) is 6.25. The highest BCUT2D eigenvalue weighted by molar-refractivity contribution is 5.73. The first-order valence-corrected chi connectivity index (χ1v) is 9.31. The summed E-state index contributed by atoms with van der Waals surface area (Å²) in [6.45, 7) is 9.18. The third kappa shape index (κ3) is 4.75. The second-order valence-corrected chi connectivity index (χ2v) is 7.12. The SMILES string of the molecule is C=C(NN)c1ccc(-c2ccc(CN3CCCN(C)CC3)cc2C#N)cc1. The standard InChI is InChI=1S/C22H27N5/c1-17(25-24)19-5-7-20(8-6-19)22-9-4-18(14-21(22)15-23)16-27-11-3-10-26(2)12-13-27/h4-9,14,25H,1,3,10-13,16,24H2,2H3. The quantitative estimate of drug-likeness (QED) is 0.633. The lowest BCUT2D eigenvalue weighted by Gasteiger charge is -2.20. The third-order valence-corrected chi connectivity index (χ3v) is 5.14. The summed E-state index contributed by atoms with van der Waals surface area (Å²) in [5, 5.41) is 9.66. The summed E-state index contributed by atoms with van der Waals surface area (Å²) in [6, 6.07) is 16.5. The summed E-state index contributed by atoms with van der Waals surface area (Å²) < 4.78 is 0. The molecule has 1 saturated heterocycles. The average Bonchev–Trinajstić information content (AvgIpc) is 2.91. The van der Waals surface area contributed by atoms with Crippen molar-refractivity contribution < 1.29 is 0 Å². The van der Waals surface area contributed by atoms with E-state index in [1.807, 2.05) is 30.3 Å². The smallest absolute Gasteiger partial charge is 0.0998 e. The molecule has 0 amide bonds. The lowest BCUT2D eigenvalue weighted by Crippen LogP contribution is -2.28. The second-order valence-electron chi connectivity index (χ2n) is 7.12. The van der Waals surface area contributed by atoms with Crippen LogP contribution in [0.2, 0.25) is 0 Å². The molecule has 1 aliphatic rings. The number of rotatable bonds is 5. The minimum absolute atomic E-state index is 0.667. The Balaban J connectivity index is 1.78. The van der Waals surface area contributed by atoms with E-state index in [-0.39, 0.29) is 0 Å². The van der Waals surface area contributed by atoms with E-state index in [1.54, 1.807) is 0 Å². The molecule has 1 fully saturated rings. The molecule has 5 nitrogen and oxygen atoms in total. The van der Waals surface area contributed by atoms with Crippen LogP contribution in [0.5, 0.6) is 0 Å². The van der Waals surface area contributed by atoms with Gasteiger partial charge in [0.1, 0.15) is 0 Å². The molecule has 1 aliphatic heterocycles. The number of nitrogens with two attached hydrogens (primary N) is 1. The molecule has 0 radical (unpaired) electrons. The maximum atomic E-state index is 9.66. The van der Waals surface area contributed by atoms with Crippen molar-refractivity contribution in [3.8, 4) is 17.2 Å². The van der Waals surface area contributed by atoms with Crippen molar-refractivity contribution in [3.63, 3.8) is 0 Å². The van der Waals surface area contributed by atoms with E-state index in [4.69, 9.17) is 5.84 Å². The van der Waals surface area contributed by atoms with E-state index < -0.39 is 0 Å². The molecule has 1 heterocycles. The molecule has 0 atom stereocenters. The number of likely N-dealkylation sites (N-methyl/N-ethyl adjacent to an activating group) is 1. The molecule has 0 unspecified atom stereocenters. The Hall–Kier alpha value is -2.65. The van der Waals surface area contributed by atoms with E-state index in [2.05, 4.69) is 47.1 Å². The van der Waals surface area contributed by atoms with E-state index in [0.29, 0.717) is 11.3 Å². The third-order valence-electron chi connectivity index (χ3n) is 5.14. The summed E-state index contributed by atoms with van der Waals surface area (Å²) >= 11 is 0. The number of nitrogens with zero attached hydrogens (tertiary/aromatic N) is 3. The van der Waals surface area contributed by atoms with Crippen molar-refractivity contribution in [3.05, 3.63) is 65.7 Å². The topological polar surface area (TPSA) is 68.3 Å². The highest BCUT2D eigenvalue weighted by atomic mass is 15.2. The number of nitriles is 1. The number of hydrazine groups is 1. The fourth-order valence-electron chi connectivity index (χ4n) is 3.48. The van der Waals surface area contributed by atoms with Gasteiger partial charge in [-0.05, 0) is 54.9 Å². The maximum Gasteiger partial charge on any atom is 0.0998 e. The van der Waals surface area contributed by atoms with E-state index in [1.165, 1.54) is 12.0 Å². The van der Waals surface area contributed by atoms with Gasteiger partial charge in [0, 0.05) is 25.3 Å². The van der Waals surface area contributed by atoms with E-state index in [9.17, 15) is 5.26 Å². The van der Waals surface area contributed by atoms with Gasteiger partial charge in [0.05, 0.1) is 11.6 Å². The average molecular weight is 361 g/mol. The van der Waals surface area contributed by atoms with Crippen molar-refractivity contribution in [2.45, 2.75) is 13.0 Å². The fraction of sp³-hybridized carbons (Fsp3) is 0.318. The highest BCUT2D eigenvalue weighted by Crippen LogP contribution is 2.26. The molecule has 0 bridgehead atoms. The van der Waals surface area contributed by atoms with E-state index >= 15 is 0 Å². The molecule has 3 N–H and O–H groups in total. The Bertz CT molecular complexity index is 835. The van der Waals surface area contributed by atoms with Crippen LogP contribution in [0.3, 0.4) is 0 Å². The molecule has 27 heavy (non-hydrogen) atoms. The number of benzene rings is 2. The molecular weight excluding hydrogens is 334 g/mol. The number of hydrogen-bond donors (Lipinski definition) is 2. The summed E-state index contributed by atoms with van der Waals surface area (Å²) in [4.78, 5) is 4.85. The monoisotopic (exact) mass is 361 g/mol. The molecule has 3 rings (SSSR count). The van der Waals surface area contributed by atoms with Crippen molar-refractivity contribution >= 4 is 5.70 Å². The van der Waals surface area contributed by atoms with Crippen LogP contribution in [0.1, 0.15) is 23.1 Å². The lowest BCUT2D eigenvalue weighted by molar-refractivity contribution is 0.269. The predicted octanol–water partition coefficient (Wildman–Crippen LogP) is 2.80. The first-order valence-electron chi connectivity index (χ1n) is 9.31. The molecule has 2 aromatic rings. The molecule has 0 aromatic heterocycles. The van der Waals surface area contributed by atoms with Crippen LogP contribution >= 0.6 is 0 Å². The summed E-state index contributed by atoms with van der Waals surface area (Å²) in [6.07, 6.45) is 1.19.